The smallest absolute Gasteiger partial charge is 0.301 e. The molecule has 2 nitrogen and oxygen atoms in total. The number of rotatable bonds is 3. The number of nitrogens with zero attached hydrogens (tertiary/aromatic N) is 1. The molecule has 1 aromatic heterocycles. The SMILES string of the molecule is C[C@H](NCC(F)(F)F)c1ccccn1. The van der Waals surface area contributed by atoms with Crippen LogP contribution < -0.4 is 5.32 Å². The summed E-state index contributed by atoms with van der Waals surface area (Å²) >= 11 is 0. The van der Waals surface area contributed by atoms with Gasteiger partial charge in [0.05, 0.1) is 12.2 Å². The van der Waals surface area contributed by atoms with Crippen LogP contribution >= 0.6 is 0 Å². The molecular formula is C9H11F3N2. The fraction of sp³-hybridized carbons (Fsp3) is 0.444. The molecule has 1 N–H and O–H groups in total. The molecule has 1 aromatic rings. The number of pyridine rings is 1. The predicted octanol–water partition coefficient (Wildman–Crippen LogP) is 2.29. The van der Waals surface area contributed by atoms with Crippen LogP contribution in [0.5, 0.6) is 0 Å². The molecule has 0 bridgehead atoms. The third-order valence-electron chi connectivity index (χ3n) is 1.74. The van der Waals surface area contributed by atoms with E-state index in [0.717, 1.165) is 0 Å². The number of halogens is 3. The number of alkyl halides is 3. The second kappa shape index (κ2) is 4.41. The number of hydrogen-bond donors (Lipinski definition) is 1. The van der Waals surface area contributed by atoms with Crippen LogP contribution in [0.25, 0.3) is 0 Å². The molecule has 0 radical (unpaired) electrons. The third kappa shape index (κ3) is 3.74. The average molecular weight is 204 g/mol. The summed E-state index contributed by atoms with van der Waals surface area (Å²) in [7, 11) is 0. The molecule has 5 heteroatoms. The number of nitrogens with one attached hydrogen (secondary N) is 1. The van der Waals surface area contributed by atoms with Crippen molar-refractivity contribution < 1.29 is 13.2 Å². The Balaban J connectivity index is 2.48. The topological polar surface area (TPSA) is 24.9 Å². The van der Waals surface area contributed by atoms with E-state index in [4.69, 9.17) is 0 Å². The first kappa shape index (κ1) is 11.0. The molecule has 1 rings (SSSR count). The van der Waals surface area contributed by atoms with Crippen LogP contribution in [0.15, 0.2) is 24.4 Å². The van der Waals surface area contributed by atoms with E-state index in [1.54, 1.807) is 31.3 Å². The minimum absolute atomic E-state index is 0.391. The highest BCUT2D eigenvalue weighted by Gasteiger charge is 2.27. The highest BCUT2D eigenvalue weighted by Crippen LogP contribution is 2.15. The van der Waals surface area contributed by atoms with Crippen LogP contribution in [0.3, 0.4) is 0 Å². The van der Waals surface area contributed by atoms with Gasteiger partial charge in [-0.15, -0.1) is 0 Å². The normalized spacial score (nSPS) is 14.0. The van der Waals surface area contributed by atoms with E-state index < -0.39 is 18.8 Å². The maximum Gasteiger partial charge on any atom is 0.401 e. The minimum Gasteiger partial charge on any atom is -0.301 e. The van der Waals surface area contributed by atoms with E-state index >= 15 is 0 Å². The van der Waals surface area contributed by atoms with E-state index in [2.05, 4.69) is 10.3 Å². The van der Waals surface area contributed by atoms with Crippen molar-refractivity contribution in [3.05, 3.63) is 30.1 Å². The molecular weight excluding hydrogens is 193 g/mol. The van der Waals surface area contributed by atoms with E-state index in [1.807, 2.05) is 0 Å². The molecule has 0 saturated heterocycles. The molecule has 14 heavy (non-hydrogen) atoms. The maximum absolute atomic E-state index is 11.8. The fourth-order valence-corrected chi connectivity index (χ4v) is 1.01. The second-order valence-electron chi connectivity index (χ2n) is 2.97. The van der Waals surface area contributed by atoms with Gasteiger partial charge < -0.3 is 5.32 Å². The lowest BCUT2D eigenvalue weighted by Gasteiger charge is -2.14. The van der Waals surface area contributed by atoms with E-state index in [0.29, 0.717) is 5.69 Å². The van der Waals surface area contributed by atoms with Gasteiger partial charge in [0.2, 0.25) is 0 Å². The van der Waals surface area contributed by atoms with Crippen molar-refractivity contribution >= 4 is 0 Å². The van der Waals surface area contributed by atoms with Crippen molar-refractivity contribution in [2.45, 2.75) is 19.1 Å². The Labute approximate surface area is 80.2 Å². The quantitative estimate of drug-likeness (QED) is 0.817. The zero-order valence-corrected chi connectivity index (χ0v) is 7.67. The van der Waals surface area contributed by atoms with Gasteiger partial charge in [-0.25, -0.2) is 0 Å². The second-order valence-corrected chi connectivity index (χ2v) is 2.97. The van der Waals surface area contributed by atoms with Crippen LogP contribution in [-0.2, 0) is 0 Å². The van der Waals surface area contributed by atoms with Crippen LogP contribution in [0.1, 0.15) is 18.7 Å². The Morgan fingerprint density at radius 2 is 2.14 bits per heavy atom. The van der Waals surface area contributed by atoms with Crippen molar-refractivity contribution in [3.8, 4) is 0 Å². The van der Waals surface area contributed by atoms with Gasteiger partial charge in [0.15, 0.2) is 0 Å². The Morgan fingerprint density at radius 1 is 1.43 bits per heavy atom. The first-order valence-corrected chi connectivity index (χ1v) is 4.20. The molecule has 1 heterocycles. The number of hydrogen-bond acceptors (Lipinski definition) is 2. The zero-order chi connectivity index (χ0) is 10.6. The molecule has 78 valence electrons. The lowest BCUT2D eigenvalue weighted by atomic mass is 10.2. The van der Waals surface area contributed by atoms with E-state index in [-0.39, 0.29) is 0 Å². The number of aromatic nitrogens is 1. The minimum atomic E-state index is -4.18. The predicted molar refractivity (Wildman–Crippen MR) is 46.7 cm³/mol. The van der Waals surface area contributed by atoms with Gasteiger partial charge in [-0.05, 0) is 19.1 Å². The van der Waals surface area contributed by atoms with Gasteiger partial charge in [0, 0.05) is 12.2 Å². The lowest BCUT2D eigenvalue weighted by Crippen LogP contribution is -2.31. The molecule has 0 amide bonds. The van der Waals surface area contributed by atoms with Gasteiger partial charge in [0.25, 0.3) is 0 Å². The van der Waals surface area contributed by atoms with Crippen molar-refractivity contribution in [3.63, 3.8) is 0 Å². The highest BCUT2D eigenvalue weighted by molar-refractivity contribution is 5.07. The maximum atomic E-state index is 11.8. The van der Waals surface area contributed by atoms with Crippen molar-refractivity contribution in [1.29, 1.82) is 0 Å². The standard InChI is InChI=1S/C9H11F3N2/c1-7(14-6-9(10,11)12)8-4-2-3-5-13-8/h2-5,7,14H,6H2,1H3/t7-/m0/s1. The first-order valence-electron chi connectivity index (χ1n) is 4.20. The average Bonchev–Trinajstić information content (AvgIpc) is 2.14. The summed E-state index contributed by atoms with van der Waals surface area (Å²) in [6.45, 7) is 0.652. The van der Waals surface area contributed by atoms with E-state index in [9.17, 15) is 13.2 Å². The Morgan fingerprint density at radius 3 is 2.64 bits per heavy atom. The molecule has 0 aliphatic heterocycles. The molecule has 0 fully saturated rings. The molecule has 0 saturated carbocycles. The zero-order valence-electron chi connectivity index (χ0n) is 7.67. The summed E-state index contributed by atoms with van der Waals surface area (Å²) in [6.07, 6.45) is -2.62. The fourth-order valence-electron chi connectivity index (χ4n) is 1.01. The van der Waals surface area contributed by atoms with Crippen molar-refractivity contribution in [2.24, 2.45) is 0 Å². The summed E-state index contributed by atoms with van der Waals surface area (Å²) in [6, 6.07) is 4.76. The van der Waals surface area contributed by atoms with Gasteiger partial charge in [0.1, 0.15) is 0 Å². The third-order valence-corrected chi connectivity index (χ3v) is 1.74. The van der Waals surface area contributed by atoms with Gasteiger partial charge in [-0.2, -0.15) is 13.2 Å². The molecule has 0 aromatic carbocycles. The van der Waals surface area contributed by atoms with Crippen LogP contribution in [-0.4, -0.2) is 17.7 Å². The van der Waals surface area contributed by atoms with Crippen LogP contribution in [0, 0.1) is 0 Å². The summed E-state index contributed by atoms with van der Waals surface area (Å²) < 4.78 is 35.5. The van der Waals surface area contributed by atoms with Crippen LogP contribution in [0.4, 0.5) is 13.2 Å². The summed E-state index contributed by atoms with van der Waals surface area (Å²) in [5.41, 5.74) is 0.608. The van der Waals surface area contributed by atoms with E-state index in [1.165, 1.54) is 0 Å². The molecule has 0 aliphatic carbocycles. The highest BCUT2D eigenvalue weighted by atomic mass is 19.4. The summed E-state index contributed by atoms with van der Waals surface area (Å²) in [5, 5.41) is 2.35. The molecule has 0 unspecified atom stereocenters. The Kier molecular flexibility index (Phi) is 3.46. The molecule has 0 aliphatic rings. The van der Waals surface area contributed by atoms with Crippen LogP contribution in [0.2, 0.25) is 0 Å². The monoisotopic (exact) mass is 204 g/mol. The van der Waals surface area contributed by atoms with Crippen molar-refractivity contribution in [2.75, 3.05) is 6.54 Å². The molecule has 0 spiro atoms. The lowest BCUT2D eigenvalue weighted by molar-refractivity contribution is -0.126. The van der Waals surface area contributed by atoms with Gasteiger partial charge in [-0.1, -0.05) is 6.07 Å². The van der Waals surface area contributed by atoms with Gasteiger partial charge >= 0.3 is 6.18 Å². The summed E-state index contributed by atoms with van der Waals surface area (Å²) in [5.74, 6) is 0. The summed E-state index contributed by atoms with van der Waals surface area (Å²) in [4.78, 5) is 3.95. The molecule has 1 atom stereocenters. The van der Waals surface area contributed by atoms with Crippen molar-refractivity contribution in [1.82, 2.24) is 10.3 Å². The first-order chi connectivity index (χ1) is 6.49. The Bertz CT molecular complexity index is 271. The van der Waals surface area contributed by atoms with Gasteiger partial charge in [-0.3, -0.25) is 4.98 Å². The largest absolute Gasteiger partial charge is 0.401 e. The Hall–Kier alpha value is -1.10.